The van der Waals surface area contributed by atoms with Gasteiger partial charge in [-0.25, -0.2) is 9.37 Å². The number of carbonyl (C=O) groups excluding carboxylic acids is 4. The Morgan fingerprint density at radius 3 is 2.59 bits per heavy atom. The average Bonchev–Trinajstić information content (AvgIpc) is 3.81. The Kier molecular flexibility index (Phi) is 9.56. The van der Waals surface area contributed by atoms with Crippen molar-refractivity contribution in [2.75, 3.05) is 36.4 Å². The molecular formula is C39H35FN8O5S. The van der Waals surface area contributed by atoms with Gasteiger partial charge in [-0.1, -0.05) is 36.4 Å². The van der Waals surface area contributed by atoms with E-state index in [2.05, 4.69) is 35.6 Å². The summed E-state index contributed by atoms with van der Waals surface area (Å²) >= 11 is 1.20. The molecule has 5 heterocycles. The van der Waals surface area contributed by atoms with Gasteiger partial charge in [-0.2, -0.15) is 0 Å². The number of imide groups is 1. The van der Waals surface area contributed by atoms with E-state index in [0.29, 0.717) is 46.9 Å². The molecule has 4 amide bonds. The number of anilines is 2. The Hall–Kier alpha value is -6.06. The van der Waals surface area contributed by atoms with E-state index in [1.807, 2.05) is 42.5 Å². The number of benzene rings is 3. The van der Waals surface area contributed by atoms with E-state index in [4.69, 9.17) is 0 Å². The van der Waals surface area contributed by atoms with Crippen molar-refractivity contribution in [3.8, 4) is 17.0 Å². The zero-order chi connectivity index (χ0) is 37.3. The van der Waals surface area contributed by atoms with Crippen LogP contribution in [0.3, 0.4) is 0 Å². The fraction of sp³-hybridized carbons (Fsp3) is 0.256. The second-order valence-corrected chi connectivity index (χ2v) is 14.4. The Balaban J connectivity index is 0.937. The van der Waals surface area contributed by atoms with Crippen LogP contribution in [0.4, 0.5) is 15.3 Å². The summed E-state index contributed by atoms with van der Waals surface area (Å²) in [4.78, 5) is 61.7. The number of hydrogen-bond acceptors (Lipinski definition) is 11. The first kappa shape index (κ1) is 35.0. The highest BCUT2D eigenvalue weighted by atomic mass is 32.1. The van der Waals surface area contributed by atoms with Crippen LogP contribution in [-0.2, 0) is 27.5 Å². The van der Waals surface area contributed by atoms with Crippen LogP contribution in [0.5, 0.6) is 5.75 Å². The van der Waals surface area contributed by atoms with Gasteiger partial charge in [0.15, 0.2) is 10.9 Å². The van der Waals surface area contributed by atoms with Crippen molar-refractivity contribution in [2.24, 2.45) is 0 Å². The number of carbonyl (C=O) groups is 4. The molecule has 0 spiro atoms. The highest BCUT2D eigenvalue weighted by molar-refractivity contribution is 7.13. The molecule has 2 atom stereocenters. The molecule has 0 bridgehead atoms. The standard InChI is InChI=1S/C39H35FN8O5S/c40-26-7-10-32(49)30(20-26)35(37(52)43-39-41-13-18-54-39)48-22-25-6-5-23(19-29(25)38(48)53)31-9-11-33(45-44-31)47-16-14-46(15-17-47)21-24-3-1-2-4-27(24)28-8-12-34(50)42-36(28)51/h1-7,9-11,13,18-20,28,35,49H,8,12,14-17,21-22H2,(H,41,43,52)(H,42,50,51). The highest BCUT2D eigenvalue weighted by Gasteiger charge is 2.39. The number of rotatable bonds is 9. The monoisotopic (exact) mass is 746 g/mol. The van der Waals surface area contributed by atoms with Gasteiger partial charge in [0.25, 0.3) is 11.8 Å². The SMILES string of the molecule is O=C1CCC(c2ccccc2CN2CCN(c3ccc(-c4ccc5c(c4)C(=O)N(C(C(=O)Nc4nccs4)c4cc(F)ccc4O)C5)nn3)CC2)C(=O)N1. The number of phenols is 1. The van der Waals surface area contributed by atoms with Crippen LogP contribution in [-0.4, -0.2) is 79.9 Å². The quantitative estimate of drug-likeness (QED) is 0.182. The number of phenolic OH excluding ortho intramolecular Hbond substituents is 1. The van der Waals surface area contributed by atoms with Crippen LogP contribution in [0.15, 0.2) is 84.4 Å². The molecular weight excluding hydrogens is 712 g/mol. The lowest BCUT2D eigenvalue weighted by Crippen LogP contribution is -2.46. The van der Waals surface area contributed by atoms with Crippen molar-refractivity contribution in [1.29, 1.82) is 0 Å². The summed E-state index contributed by atoms with van der Waals surface area (Å²) in [6, 6.07) is 19.0. The molecule has 3 aromatic carbocycles. The maximum Gasteiger partial charge on any atom is 0.255 e. The maximum absolute atomic E-state index is 14.4. The number of fused-ring (bicyclic) bond motifs is 1. The lowest BCUT2D eigenvalue weighted by atomic mass is 9.87. The van der Waals surface area contributed by atoms with Gasteiger partial charge in [0.2, 0.25) is 11.8 Å². The van der Waals surface area contributed by atoms with E-state index in [-0.39, 0.29) is 35.6 Å². The summed E-state index contributed by atoms with van der Waals surface area (Å²) in [6.45, 7) is 3.80. The van der Waals surface area contributed by atoms with Gasteiger partial charge in [-0.05, 0) is 59.5 Å². The number of nitrogens with zero attached hydrogens (tertiary/aromatic N) is 6. The summed E-state index contributed by atoms with van der Waals surface area (Å²) in [6.07, 6.45) is 2.38. The topological polar surface area (TPSA) is 161 Å². The largest absolute Gasteiger partial charge is 0.508 e. The van der Waals surface area contributed by atoms with Crippen LogP contribution in [0.2, 0.25) is 0 Å². The Morgan fingerprint density at radius 2 is 1.83 bits per heavy atom. The van der Waals surface area contributed by atoms with Gasteiger partial charge in [0.05, 0.1) is 11.6 Å². The summed E-state index contributed by atoms with van der Waals surface area (Å²) < 4.78 is 14.4. The van der Waals surface area contributed by atoms with Crippen molar-refractivity contribution in [1.82, 2.24) is 30.3 Å². The molecule has 5 aromatic rings. The first-order valence-electron chi connectivity index (χ1n) is 17.6. The third-order valence-electron chi connectivity index (χ3n) is 10.2. The van der Waals surface area contributed by atoms with E-state index in [1.54, 1.807) is 17.5 Å². The predicted molar refractivity (Wildman–Crippen MR) is 198 cm³/mol. The minimum Gasteiger partial charge on any atom is -0.508 e. The molecule has 0 aliphatic carbocycles. The Morgan fingerprint density at radius 1 is 1.00 bits per heavy atom. The molecule has 3 aliphatic heterocycles. The molecule has 8 rings (SSSR count). The fourth-order valence-electron chi connectivity index (χ4n) is 7.38. The lowest BCUT2D eigenvalue weighted by Gasteiger charge is -2.35. The molecule has 2 unspecified atom stereocenters. The number of piperazine rings is 1. The molecule has 0 radical (unpaired) electrons. The third-order valence-corrected chi connectivity index (χ3v) is 10.8. The van der Waals surface area contributed by atoms with E-state index in [1.165, 1.54) is 22.4 Å². The first-order chi connectivity index (χ1) is 26.2. The van der Waals surface area contributed by atoms with Crippen LogP contribution in [0.25, 0.3) is 11.3 Å². The van der Waals surface area contributed by atoms with Crippen LogP contribution >= 0.6 is 11.3 Å². The second kappa shape index (κ2) is 14.8. The minimum absolute atomic E-state index is 0.0373. The summed E-state index contributed by atoms with van der Waals surface area (Å²) in [5.74, 6) is -2.10. The maximum atomic E-state index is 14.4. The first-order valence-corrected chi connectivity index (χ1v) is 18.5. The number of amides is 4. The Bertz CT molecular complexity index is 2240. The number of hydrogen-bond donors (Lipinski definition) is 3. The summed E-state index contributed by atoms with van der Waals surface area (Å²) in [5.41, 5.74) is 4.30. The molecule has 274 valence electrons. The molecule has 2 aromatic heterocycles. The normalized spacial score (nSPS) is 18.0. The number of piperidine rings is 1. The Labute approximate surface area is 313 Å². The molecule has 2 fully saturated rings. The van der Waals surface area contributed by atoms with Gasteiger partial charge in [-0.3, -0.25) is 34.7 Å². The van der Waals surface area contributed by atoms with Crippen LogP contribution in [0.1, 0.15) is 57.4 Å². The van der Waals surface area contributed by atoms with Gasteiger partial charge >= 0.3 is 0 Å². The van der Waals surface area contributed by atoms with Gasteiger partial charge in [0, 0.05) is 74.0 Å². The highest BCUT2D eigenvalue weighted by Crippen LogP contribution is 2.38. The van der Waals surface area contributed by atoms with Crippen molar-refractivity contribution in [3.05, 3.63) is 118 Å². The second-order valence-electron chi connectivity index (χ2n) is 13.5. The molecule has 2 saturated heterocycles. The minimum atomic E-state index is -1.33. The zero-order valence-corrected chi connectivity index (χ0v) is 29.8. The molecule has 3 aliphatic rings. The van der Waals surface area contributed by atoms with Crippen molar-refractivity contribution in [3.63, 3.8) is 0 Å². The van der Waals surface area contributed by atoms with Crippen LogP contribution < -0.4 is 15.5 Å². The number of nitrogens with one attached hydrogen (secondary N) is 2. The van der Waals surface area contributed by atoms with E-state index < -0.39 is 23.7 Å². The van der Waals surface area contributed by atoms with Crippen molar-refractivity contribution in [2.45, 2.75) is 37.9 Å². The number of aromatic nitrogens is 3. The summed E-state index contributed by atoms with van der Waals surface area (Å²) in [5, 5.41) is 26.8. The van der Waals surface area contributed by atoms with Crippen LogP contribution in [0, 0.1) is 5.82 Å². The van der Waals surface area contributed by atoms with Crippen molar-refractivity contribution < 1.29 is 28.7 Å². The smallest absolute Gasteiger partial charge is 0.255 e. The molecule has 0 saturated carbocycles. The fourth-order valence-corrected chi connectivity index (χ4v) is 7.91. The number of thiazole rings is 1. The molecule has 3 N–H and O–H groups in total. The average molecular weight is 747 g/mol. The molecule has 15 heteroatoms. The zero-order valence-electron chi connectivity index (χ0n) is 28.9. The molecule has 13 nitrogen and oxygen atoms in total. The summed E-state index contributed by atoms with van der Waals surface area (Å²) in [7, 11) is 0. The molecule has 54 heavy (non-hydrogen) atoms. The van der Waals surface area contributed by atoms with E-state index >= 15 is 0 Å². The van der Waals surface area contributed by atoms with Gasteiger partial charge in [0.1, 0.15) is 17.6 Å². The number of aromatic hydroxyl groups is 1. The number of halogens is 1. The van der Waals surface area contributed by atoms with E-state index in [9.17, 15) is 28.7 Å². The lowest BCUT2D eigenvalue weighted by molar-refractivity contribution is -0.134. The third kappa shape index (κ3) is 7.02. The predicted octanol–water partition coefficient (Wildman–Crippen LogP) is 4.62. The van der Waals surface area contributed by atoms with Gasteiger partial charge < -0.3 is 14.9 Å². The van der Waals surface area contributed by atoms with Crippen molar-refractivity contribution >= 4 is 45.9 Å². The van der Waals surface area contributed by atoms with Gasteiger partial charge in [-0.15, -0.1) is 21.5 Å². The van der Waals surface area contributed by atoms with E-state index in [0.717, 1.165) is 61.3 Å².